The average Bonchev–Trinajstić information content (AvgIpc) is 2.45. The maximum absolute atomic E-state index is 11.2. The summed E-state index contributed by atoms with van der Waals surface area (Å²) >= 11 is 0. The van der Waals surface area contributed by atoms with Gasteiger partial charge in [0.05, 0.1) is 12.8 Å². The van der Waals surface area contributed by atoms with Gasteiger partial charge in [0.15, 0.2) is 0 Å². The predicted octanol–water partition coefficient (Wildman–Crippen LogP) is 4.40. The first kappa shape index (κ1) is 15.9. The Balaban J connectivity index is 2.71. The number of benzene rings is 1. The molecule has 0 saturated heterocycles. The van der Waals surface area contributed by atoms with Gasteiger partial charge in [-0.1, -0.05) is 13.8 Å². The second kappa shape index (κ2) is 5.70. The molecule has 21 heavy (non-hydrogen) atoms. The van der Waals surface area contributed by atoms with Crippen LogP contribution < -0.4 is 9.64 Å². The van der Waals surface area contributed by atoms with E-state index in [2.05, 4.69) is 39.5 Å². The van der Waals surface area contributed by atoms with Gasteiger partial charge >= 0.3 is 0 Å². The van der Waals surface area contributed by atoms with E-state index in [4.69, 9.17) is 4.74 Å². The number of fused-ring (bicyclic) bond motifs is 1. The van der Waals surface area contributed by atoms with Crippen molar-refractivity contribution in [2.24, 2.45) is 0 Å². The molecule has 0 bridgehead atoms. The molecule has 116 valence electrons. The lowest BCUT2D eigenvalue weighted by Crippen LogP contribution is -2.52. The summed E-state index contributed by atoms with van der Waals surface area (Å²) in [6, 6.07) is 4.32. The Kier molecular flexibility index (Phi) is 4.31. The summed E-state index contributed by atoms with van der Waals surface area (Å²) < 4.78 is 5.62. The highest BCUT2D eigenvalue weighted by molar-refractivity contribution is 5.81. The molecule has 0 N–H and O–H groups in total. The molecule has 1 aliphatic rings. The molecule has 2 rings (SSSR count). The molecular weight excluding hydrogens is 262 g/mol. The summed E-state index contributed by atoms with van der Waals surface area (Å²) in [6.45, 7) is 11.3. The van der Waals surface area contributed by atoms with Crippen molar-refractivity contribution in [2.75, 3.05) is 12.0 Å². The zero-order valence-corrected chi connectivity index (χ0v) is 14.1. The van der Waals surface area contributed by atoms with Gasteiger partial charge in [0.25, 0.3) is 0 Å². The second-order valence-electron chi connectivity index (χ2n) is 6.82. The van der Waals surface area contributed by atoms with Crippen LogP contribution >= 0.6 is 0 Å². The molecule has 1 aromatic rings. The lowest BCUT2D eigenvalue weighted by atomic mass is 9.78. The van der Waals surface area contributed by atoms with E-state index in [-0.39, 0.29) is 5.54 Å². The van der Waals surface area contributed by atoms with Gasteiger partial charge in [-0.15, -0.1) is 0 Å². The molecule has 0 aliphatic carbocycles. The summed E-state index contributed by atoms with van der Waals surface area (Å²) in [5, 5.41) is 0. The summed E-state index contributed by atoms with van der Waals surface area (Å²) in [6.07, 6.45) is 3.06. The number of methoxy groups -OCH3 is 1. The van der Waals surface area contributed by atoms with Crippen LogP contribution in [0.25, 0.3) is 0 Å². The number of ether oxygens (including phenoxy) is 1. The minimum absolute atomic E-state index is 0.0812. The number of nitrogens with zero attached hydrogens (tertiary/aromatic N) is 1. The summed E-state index contributed by atoms with van der Waals surface area (Å²) in [5.74, 6) is 1.23. The topological polar surface area (TPSA) is 29.5 Å². The predicted molar refractivity (Wildman–Crippen MR) is 87.7 cm³/mol. The van der Waals surface area contributed by atoms with E-state index < -0.39 is 0 Å². The highest BCUT2D eigenvalue weighted by Crippen LogP contribution is 2.49. The molecule has 0 unspecified atom stereocenters. The second-order valence-corrected chi connectivity index (χ2v) is 6.82. The number of anilines is 1. The summed E-state index contributed by atoms with van der Waals surface area (Å²) in [4.78, 5) is 13.7. The Labute approximate surface area is 128 Å². The minimum atomic E-state index is 0.0812. The van der Waals surface area contributed by atoms with Gasteiger partial charge in [-0.25, -0.2) is 0 Å². The number of hydrogen-bond donors (Lipinski definition) is 0. The van der Waals surface area contributed by atoms with Gasteiger partial charge < -0.3 is 9.64 Å². The molecular formula is C18H27NO2. The fourth-order valence-corrected chi connectivity index (χ4v) is 3.77. The van der Waals surface area contributed by atoms with Crippen LogP contribution in [0.2, 0.25) is 0 Å². The largest absolute Gasteiger partial charge is 0.495 e. The zero-order valence-electron chi connectivity index (χ0n) is 14.1. The number of carbonyl (C=O) groups excluding carboxylic acids is 1. The van der Waals surface area contributed by atoms with Gasteiger partial charge in [0, 0.05) is 17.1 Å². The van der Waals surface area contributed by atoms with Gasteiger partial charge in [0.1, 0.15) is 12.0 Å². The molecule has 0 aromatic heterocycles. The monoisotopic (exact) mass is 289 g/mol. The minimum Gasteiger partial charge on any atom is -0.495 e. The zero-order chi connectivity index (χ0) is 15.8. The highest BCUT2D eigenvalue weighted by atomic mass is 16.5. The van der Waals surface area contributed by atoms with E-state index in [1.54, 1.807) is 7.11 Å². The lowest BCUT2D eigenvalue weighted by molar-refractivity contribution is 0.112. The fourth-order valence-electron chi connectivity index (χ4n) is 3.77. The maximum Gasteiger partial charge on any atom is 0.150 e. The summed E-state index contributed by atoms with van der Waals surface area (Å²) in [7, 11) is 1.69. The first-order valence-corrected chi connectivity index (χ1v) is 7.82. The molecule has 0 radical (unpaired) electrons. The molecule has 0 amide bonds. The third-order valence-corrected chi connectivity index (χ3v) is 4.74. The van der Waals surface area contributed by atoms with Crippen LogP contribution in [0.15, 0.2) is 12.1 Å². The van der Waals surface area contributed by atoms with Crippen LogP contribution in [0, 0.1) is 0 Å². The van der Waals surface area contributed by atoms with Crippen LogP contribution in [-0.4, -0.2) is 25.0 Å². The fraction of sp³-hybridized carbons (Fsp3) is 0.611. The normalized spacial score (nSPS) is 21.6. The number of aldehydes is 1. The third kappa shape index (κ3) is 2.66. The molecule has 0 fully saturated rings. The molecule has 0 saturated carbocycles. The van der Waals surface area contributed by atoms with E-state index in [1.807, 2.05) is 12.1 Å². The molecule has 1 heterocycles. The van der Waals surface area contributed by atoms with Crippen molar-refractivity contribution in [3.8, 4) is 5.75 Å². The third-order valence-electron chi connectivity index (χ3n) is 4.74. The van der Waals surface area contributed by atoms with Crippen LogP contribution in [0.3, 0.4) is 0 Å². The van der Waals surface area contributed by atoms with Crippen molar-refractivity contribution in [3.63, 3.8) is 0 Å². The lowest BCUT2D eigenvalue weighted by Gasteiger charge is -2.51. The van der Waals surface area contributed by atoms with E-state index >= 15 is 0 Å². The Morgan fingerprint density at radius 3 is 2.67 bits per heavy atom. The molecule has 0 spiro atoms. The Hall–Kier alpha value is -1.51. The summed E-state index contributed by atoms with van der Waals surface area (Å²) in [5.41, 5.74) is 3.18. The van der Waals surface area contributed by atoms with Crippen LogP contribution in [0.4, 0.5) is 5.69 Å². The van der Waals surface area contributed by atoms with Gasteiger partial charge in [-0.05, 0) is 57.2 Å². The smallest absolute Gasteiger partial charge is 0.150 e. The van der Waals surface area contributed by atoms with Gasteiger partial charge in [-0.3, -0.25) is 4.79 Å². The number of hydrogen-bond acceptors (Lipinski definition) is 3. The number of carbonyl (C=O) groups is 1. The highest BCUT2D eigenvalue weighted by Gasteiger charge is 2.40. The van der Waals surface area contributed by atoms with Crippen LogP contribution in [0.5, 0.6) is 5.75 Å². The van der Waals surface area contributed by atoms with Crippen molar-refractivity contribution in [2.45, 2.75) is 65.0 Å². The van der Waals surface area contributed by atoms with Crippen LogP contribution in [-0.2, 0) is 0 Å². The first-order valence-electron chi connectivity index (χ1n) is 7.82. The average molecular weight is 289 g/mol. The number of rotatable bonds is 4. The molecule has 2 atom stereocenters. The van der Waals surface area contributed by atoms with Crippen LogP contribution in [0.1, 0.15) is 69.3 Å². The van der Waals surface area contributed by atoms with E-state index in [0.29, 0.717) is 17.5 Å². The van der Waals surface area contributed by atoms with E-state index in [1.165, 1.54) is 11.3 Å². The maximum atomic E-state index is 11.2. The Bertz CT molecular complexity index is 536. The van der Waals surface area contributed by atoms with Gasteiger partial charge in [-0.2, -0.15) is 0 Å². The van der Waals surface area contributed by atoms with Crippen molar-refractivity contribution in [3.05, 3.63) is 23.3 Å². The van der Waals surface area contributed by atoms with Crippen molar-refractivity contribution in [1.29, 1.82) is 0 Å². The standard InChI is InChI=1S/C18H27NO2/c1-7-13(3)19-17-15(12(2)10-18(19,4)5)8-14(11-20)9-16(17)21-6/h8-9,11-13H,7,10H2,1-6H3/t12-,13-/m1/s1. The van der Waals surface area contributed by atoms with Crippen molar-refractivity contribution >= 4 is 12.0 Å². The van der Waals surface area contributed by atoms with Crippen molar-refractivity contribution < 1.29 is 9.53 Å². The Morgan fingerprint density at radius 1 is 1.48 bits per heavy atom. The first-order chi connectivity index (χ1) is 9.85. The quantitative estimate of drug-likeness (QED) is 0.769. The molecule has 1 aliphatic heterocycles. The molecule has 3 heteroatoms. The molecule has 1 aromatic carbocycles. The van der Waals surface area contributed by atoms with Crippen molar-refractivity contribution in [1.82, 2.24) is 0 Å². The Morgan fingerprint density at radius 2 is 2.14 bits per heavy atom. The van der Waals surface area contributed by atoms with E-state index in [0.717, 1.165) is 24.9 Å². The van der Waals surface area contributed by atoms with E-state index in [9.17, 15) is 4.79 Å². The van der Waals surface area contributed by atoms with Gasteiger partial charge in [0.2, 0.25) is 0 Å². The SMILES string of the molecule is CC[C@@H](C)N1c2c(OC)cc(C=O)cc2[C@H](C)CC1(C)C. The molecule has 3 nitrogen and oxygen atoms in total.